The van der Waals surface area contributed by atoms with Crippen LogP contribution in [0.15, 0.2) is 65.7 Å². The second kappa shape index (κ2) is 8.49. The Morgan fingerprint density at radius 2 is 1.93 bits per heavy atom. The number of aromatic nitrogens is 2. The molecule has 1 atom stereocenters. The minimum Gasteiger partial charge on any atom is -0.325 e. The van der Waals surface area contributed by atoms with Crippen molar-refractivity contribution in [2.75, 3.05) is 18.4 Å². The van der Waals surface area contributed by atoms with Crippen LogP contribution in [0.4, 0.5) is 16.0 Å². The van der Waals surface area contributed by atoms with E-state index in [0.717, 1.165) is 24.6 Å². The molecule has 8 heteroatoms. The van der Waals surface area contributed by atoms with Gasteiger partial charge in [0.25, 0.3) is 0 Å². The molecule has 0 unspecified atom stereocenters. The second-order valence-corrected chi connectivity index (χ2v) is 9.34. The molecule has 0 spiro atoms. The monoisotopic (exact) mass is 426 g/mol. The molecule has 156 valence electrons. The predicted molar refractivity (Wildman–Crippen MR) is 114 cm³/mol. The number of rotatable bonds is 5. The van der Waals surface area contributed by atoms with Gasteiger partial charge in [0.1, 0.15) is 17.5 Å². The fourth-order valence-electron chi connectivity index (χ4n) is 3.60. The zero-order valence-corrected chi connectivity index (χ0v) is 17.4. The lowest BCUT2D eigenvalue weighted by Gasteiger charge is -2.31. The minimum atomic E-state index is -3.76. The second-order valence-electron chi connectivity index (χ2n) is 7.40. The van der Waals surface area contributed by atoms with Gasteiger partial charge < -0.3 is 5.32 Å². The number of aryl methyl sites for hydroxylation is 1. The molecule has 30 heavy (non-hydrogen) atoms. The lowest BCUT2D eigenvalue weighted by atomic mass is 9.95. The summed E-state index contributed by atoms with van der Waals surface area (Å²) in [7, 11) is -3.76. The first kappa shape index (κ1) is 20.4. The van der Waals surface area contributed by atoms with E-state index >= 15 is 0 Å². The Bertz CT molecular complexity index is 1140. The molecular formula is C22H23FN4O2S. The quantitative estimate of drug-likeness (QED) is 0.661. The van der Waals surface area contributed by atoms with Gasteiger partial charge in [0.15, 0.2) is 0 Å². The van der Waals surface area contributed by atoms with Crippen LogP contribution in [0.1, 0.15) is 30.0 Å². The third-order valence-electron chi connectivity index (χ3n) is 5.28. The third-order valence-corrected chi connectivity index (χ3v) is 7.14. The molecule has 1 N–H and O–H groups in total. The van der Waals surface area contributed by atoms with Gasteiger partial charge in [-0.25, -0.2) is 22.8 Å². The van der Waals surface area contributed by atoms with E-state index in [4.69, 9.17) is 0 Å². The molecular weight excluding hydrogens is 403 g/mol. The first-order valence-corrected chi connectivity index (χ1v) is 11.3. The van der Waals surface area contributed by atoms with Crippen LogP contribution < -0.4 is 5.32 Å². The maximum Gasteiger partial charge on any atom is 0.243 e. The third kappa shape index (κ3) is 4.34. The fraction of sp³-hybridized carbons (Fsp3) is 0.273. The topological polar surface area (TPSA) is 75.2 Å². The summed E-state index contributed by atoms with van der Waals surface area (Å²) >= 11 is 0. The summed E-state index contributed by atoms with van der Waals surface area (Å²) in [6.07, 6.45) is 3.26. The zero-order valence-electron chi connectivity index (χ0n) is 16.6. The number of benzene rings is 1. The maximum absolute atomic E-state index is 13.9. The van der Waals surface area contributed by atoms with E-state index in [1.54, 1.807) is 13.1 Å². The van der Waals surface area contributed by atoms with Crippen molar-refractivity contribution in [3.63, 3.8) is 0 Å². The molecule has 1 aliphatic rings. The van der Waals surface area contributed by atoms with Gasteiger partial charge in [-0.1, -0.05) is 18.2 Å². The molecule has 0 radical (unpaired) electrons. The molecule has 3 heterocycles. The molecule has 0 amide bonds. The number of piperidine rings is 1. The zero-order chi connectivity index (χ0) is 21.1. The lowest BCUT2D eigenvalue weighted by Crippen LogP contribution is -2.39. The van der Waals surface area contributed by atoms with Crippen LogP contribution in [0.25, 0.3) is 0 Å². The Labute approximate surface area is 175 Å². The van der Waals surface area contributed by atoms with Crippen LogP contribution in [0.5, 0.6) is 0 Å². The van der Waals surface area contributed by atoms with Gasteiger partial charge in [-0.3, -0.25) is 0 Å². The van der Waals surface area contributed by atoms with Crippen molar-refractivity contribution in [2.45, 2.75) is 30.6 Å². The Balaban J connectivity index is 1.54. The normalized spacial score (nSPS) is 17.6. The van der Waals surface area contributed by atoms with E-state index in [9.17, 15) is 12.8 Å². The fourth-order valence-corrected chi connectivity index (χ4v) is 5.14. The van der Waals surface area contributed by atoms with E-state index in [-0.39, 0.29) is 10.8 Å². The molecule has 1 aromatic carbocycles. The van der Waals surface area contributed by atoms with Crippen molar-refractivity contribution >= 4 is 21.7 Å². The van der Waals surface area contributed by atoms with E-state index in [2.05, 4.69) is 15.3 Å². The van der Waals surface area contributed by atoms with E-state index < -0.39 is 15.8 Å². The Morgan fingerprint density at radius 1 is 1.10 bits per heavy atom. The number of nitrogens with zero attached hydrogens (tertiary/aromatic N) is 3. The number of hydrogen-bond acceptors (Lipinski definition) is 5. The Morgan fingerprint density at radius 3 is 2.70 bits per heavy atom. The van der Waals surface area contributed by atoms with Crippen LogP contribution in [0, 0.1) is 12.7 Å². The molecule has 0 bridgehead atoms. The summed E-state index contributed by atoms with van der Waals surface area (Å²) in [4.78, 5) is 8.90. The number of anilines is 2. The van der Waals surface area contributed by atoms with Crippen LogP contribution in [-0.4, -0.2) is 35.8 Å². The summed E-state index contributed by atoms with van der Waals surface area (Å²) < 4.78 is 41.5. The summed E-state index contributed by atoms with van der Waals surface area (Å²) in [5, 5.41) is 3.17. The van der Waals surface area contributed by atoms with Crippen molar-refractivity contribution in [2.24, 2.45) is 0 Å². The van der Waals surface area contributed by atoms with Gasteiger partial charge >= 0.3 is 0 Å². The molecule has 0 aliphatic carbocycles. The average molecular weight is 427 g/mol. The number of halogens is 1. The molecule has 2 aromatic heterocycles. The maximum atomic E-state index is 13.9. The smallest absolute Gasteiger partial charge is 0.243 e. The first-order chi connectivity index (χ1) is 14.4. The molecule has 1 aliphatic heterocycles. The highest BCUT2D eigenvalue weighted by atomic mass is 32.2. The summed E-state index contributed by atoms with van der Waals surface area (Å²) in [5.74, 6) is 0.803. The highest BCUT2D eigenvalue weighted by Gasteiger charge is 2.31. The Kier molecular flexibility index (Phi) is 5.78. The molecule has 1 fully saturated rings. The molecule has 4 rings (SSSR count). The summed E-state index contributed by atoms with van der Waals surface area (Å²) in [6.45, 7) is 2.35. The highest BCUT2D eigenvalue weighted by Crippen LogP contribution is 2.30. The number of nitrogens with one attached hydrogen (secondary N) is 1. The Hall–Kier alpha value is -2.84. The molecule has 3 aromatic rings. The van der Waals surface area contributed by atoms with E-state index in [0.29, 0.717) is 30.3 Å². The first-order valence-electron chi connectivity index (χ1n) is 9.85. The largest absolute Gasteiger partial charge is 0.325 e. The number of pyridine rings is 2. The molecule has 1 saturated heterocycles. The van der Waals surface area contributed by atoms with E-state index in [1.165, 1.54) is 16.4 Å². The lowest BCUT2D eigenvalue weighted by molar-refractivity contribution is 0.312. The van der Waals surface area contributed by atoms with Crippen molar-refractivity contribution < 1.29 is 12.8 Å². The number of sulfonamides is 1. The average Bonchev–Trinajstić information content (AvgIpc) is 2.76. The summed E-state index contributed by atoms with van der Waals surface area (Å²) in [5.41, 5.74) is 1.25. The van der Waals surface area contributed by atoms with Gasteiger partial charge in [0.05, 0.1) is 4.90 Å². The van der Waals surface area contributed by atoms with Gasteiger partial charge in [0.2, 0.25) is 10.0 Å². The molecule has 6 nitrogen and oxygen atoms in total. The summed E-state index contributed by atoms with van der Waals surface area (Å²) in [6, 6.07) is 15.3. The number of hydrogen-bond donors (Lipinski definition) is 1. The predicted octanol–water partition coefficient (Wildman–Crippen LogP) is 4.24. The van der Waals surface area contributed by atoms with E-state index in [1.807, 2.05) is 36.4 Å². The van der Waals surface area contributed by atoms with Crippen LogP contribution in [0.2, 0.25) is 0 Å². The van der Waals surface area contributed by atoms with Crippen LogP contribution in [-0.2, 0) is 10.0 Å². The van der Waals surface area contributed by atoms with Crippen molar-refractivity contribution in [1.82, 2.24) is 14.3 Å². The van der Waals surface area contributed by atoms with Gasteiger partial charge in [-0.05, 0) is 61.7 Å². The SMILES string of the molecule is Cc1ccc(S(=O)(=O)N2CCC[C@@H](c3cccc(Nc4ccccn4)n3)C2)cc1F. The van der Waals surface area contributed by atoms with Crippen LogP contribution in [0.3, 0.4) is 0 Å². The standard InChI is InChI=1S/C22H23FN4O2S/c1-16-10-11-18(14-19(16)23)30(28,29)27-13-5-6-17(15-27)20-7-4-9-22(25-20)26-21-8-2-3-12-24-21/h2-4,7-12,14,17H,5-6,13,15H2,1H3,(H,24,25,26)/t17-/m1/s1. The van der Waals surface area contributed by atoms with Crippen molar-refractivity contribution in [3.8, 4) is 0 Å². The van der Waals surface area contributed by atoms with Crippen molar-refractivity contribution in [3.05, 3.63) is 77.9 Å². The van der Waals surface area contributed by atoms with Crippen molar-refractivity contribution in [1.29, 1.82) is 0 Å². The van der Waals surface area contributed by atoms with Gasteiger partial charge in [-0.15, -0.1) is 0 Å². The minimum absolute atomic E-state index is 0.00946. The van der Waals surface area contributed by atoms with Crippen LogP contribution >= 0.6 is 0 Å². The van der Waals surface area contributed by atoms with Gasteiger partial charge in [-0.2, -0.15) is 4.31 Å². The highest BCUT2D eigenvalue weighted by molar-refractivity contribution is 7.89. The van der Waals surface area contributed by atoms with Gasteiger partial charge in [0, 0.05) is 30.9 Å². The molecule has 0 saturated carbocycles.